The van der Waals surface area contributed by atoms with Crippen LogP contribution < -0.4 is 0 Å². The summed E-state index contributed by atoms with van der Waals surface area (Å²) in [6.07, 6.45) is 0.590. The molecular weight excluding hydrogens is 293 g/mol. The summed E-state index contributed by atoms with van der Waals surface area (Å²) in [5, 5.41) is 8.76. The van der Waals surface area contributed by atoms with Gasteiger partial charge in [0, 0.05) is 14.7 Å². The van der Waals surface area contributed by atoms with Crippen LogP contribution in [0.1, 0.15) is 33.2 Å². The van der Waals surface area contributed by atoms with E-state index in [1.165, 1.54) is 13.0 Å². The maximum atomic E-state index is 11.1. The van der Waals surface area contributed by atoms with Gasteiger partial charge < -0.3 is 0 Å². The summed E-state index contributed by atoms with van der Waals surface area (Å²) in [5.74, 6) is -0.115. The molecule has 1 aromatic rings. The van der Waals surface area contributed by atoms with Crippen LogP contribution in [0.25, 0.3) is 0 Å². The molecular formula is C10H6INO2. The van der Waals surface area contributed by atoms with Crippen LogP contribution in [0.5, 0.6) is 0 Å². The second-order valence-corrected chi connectivity index (χ2v) is 3.87. The lowest BCUT2D eigenvalue weighted by Crippen LogP contribution is -1.99. The summed E-state index contributed by atoms with van der Waals surface area (Å²) < 4.78 is 0.625. The van der Waals surface area contributed by atoms with Crippen molar-refractivity contribution in [1.29, 1.82) is 5.26 Å². The van der Waals surface area contributed by atoms with Gasteiger partial charge in [-0.1, -0.05) is 0 Å². The van der Waals surface area contributed by atoms with E-state index in [-0.39, 0.29) is 11.3 Å². The van der Waals surface area contributed by atoms with Gasteiger partial charge in [-0.3, -0.25) is 9.59 Å². The molecule has 0 aliphatic heterocycles. The number of hydrogen-bond donors (Lipinski definition) is 0. The maximum absolute atomic E-state index is 11.1. The number of hydrogen-bond acceptors (Lipinski definition) is 3. The van der Waals surface area contributed by atoms with E-state index in [0.29, 0.717) is 21.0 Å². The van der Waals surface area contributed by atoms with Crippen molar-refractivity contribution >= 4 is 34.7 Å². The van der Waals surface area contributed by atoms with E-state index >= 15 is 0 Å². The van der Waals surface area contributed by atoms with Gasteiger partial charge >= 0.3 is 0 Å². The smallest absolute Gasteiger partial charge is 0.159 e. The predicted octanol–water partition coefficient (Wildman–Crippen LogP) is 2.18. The molecule has 0 atom stereocenters. The lowest BCUT2D eigenvalue weighted by molar-refractivity contribution is 0.101. The van der Waals surface area contributed by atoms with Crippen LogP contribution in [0.2, 0.25) is 0 Å². The summed E-state index contributed by atoms with van der Waals surface area (Å²) in [6, 6.07) is 4.98. The molecule has 0 aliphatic carbocycles. The Hall–Kier alpha value is -1.22. The molecule has 0 unspecified atom stereocenters. The fraction of sp³-hybridized carbons (Fsp3) is 0.100. The topological polar surface area (TPSA) is 57.9 Å². The Morgan fingerprint density at radius 1 is 1.57 bits per heavy atom. The van der Waals surface area contributed by atoms with Crippen molar-refractivity contribution in [1.82, 2.24) is 0 Å². The Morgan fingerprint density at radius 3 is 2.64 bits per heavy atom. The molecule has 0 saturated carbocycles. The number of Topliss-reactive ketones (excluding diaryl/α,β-unsaturated/α-hetero) is 1. The normalized spacial score (nSPS) is 9.21. The number of benzene rings is 1. The number of rotatable bonds is 2. The van der Waals surface area contributed by atoms with Gasteiger partial charge in [0.1, 0.15) is 6.07 Å². The molecule has 0 amide bonds. The van der Waals surface area contributed by atoms with E-state index in [1.807, 2.05) is 28.7 Å². The van der Waals surface area contributed by atoms with Gasteiger partial charge in [0.2, 0.25) is 0 Å². The first-order chi connectivity index (χ1) is 6.60. The number of halogens is 1. The number of carbonyl (C=O) groups excluding carboxylic acids is 2. The number of aldehydes is 1. The Morgan fingerprint density at radius 2 is 2.21 bits per heavy atom. The summed E-state index contributed by atoms with van der Waals surface area (Å²) in [6.45, 7) is 1.42. The van der Waals surface area contributed by atoms with Crippen LogP contribution in [-0.4, -0.2) is 12.1 Å². The zero-order chi connectivity index (χ0) is 10.7. The lowest BCUT2D eigenvalue weighted by atomic mass is 10.0. The standard InChI is InChI=1S/C10H6INO2/c1-6(14)7-2-8(5-13)9(4-12)10(11)3-7/h2-3,5H,1H3. The Bertz CT molecular complexity index is 446. The number of nitrogens with zero attached hydrogens (tertiary/aromatic N) is 1. The monoisotopic (exact) mass is 299 g/mol. The largest absolute Gasteiger partial charge is 0.298 e. The van der Waals surface area contributed by atoms with Crippen LogP contribution in [0, 0.1) is 14.9 Å². The van der Waals surface area contributed by atoms with E-state index in [4.69, 9.17) is 5.26 Å². The van der Waals surface area contributed by atoms with Crippen LogP contribution in [-0.2, 0) is 0 Å². The van der Waals surface area contributed by atoms with Gasteiger partial charge in [0.05, 0.1) is 5.56 Å². The fourth-order valence-electron chi connectivity index (χ4n) is 1.04. The molecule has 4 heteroatoms. The van der Waals surface area contributed by atoms with Crippen molar-refractivity contribution in [2.75, 3.05) is 0 Å². The first-order valence-corrected chi connectivity index (χ1v) is 4.87. The average Bonchev–Trinajstić information content (AvgIpc) is 2.16. The third kappa shape index (κ3) is 1.99. The minimum atomic E-state index is -0.115. The summed E-state index contributed by atoms with van der Waals surface area (Å²) in [7, 11) is 0. The highest BCUT2D eigenvalue weighted by Crippen LogP contribution is 2.18. The van der Waals surface area contributed by atoms with Gasteiger partial charge in [-0.15, -0.1) is 0 Å². The van der Waals surface area contributed by atoms with Crippen LogP contribution in [0.3, 0.4) is 0 Å². The number of ketones is 1. The van der Waals surface area contributed by atoms with Gasteiger partial charge in [-0.05, 0) is 41.6 Å². The van der Waals surface area contributed by atoms with Gasteiger partial charge in [0.15, 0.2) is 12.1 Å². The van der Waals surface area contributed by atoms with Crippen molar-refractivity contribution < 1.29 is 9.59 Å². The molecule has 0 aliphatic rings. The third-order valence-electron chi connectivity index (χ3n) is 1.77. The molecule has 0 N–H and O–H groups in total. The van der Waals surface area contributed by atoms with Crippen molar-refractivity contribution in [2.45, 2.75) is 6.92 Å². The number of carbonyl (C=O) groups is 2. The highest BCUT2D eigenvalue weighted by Gasteiger charge is 2.10. The Labute approximate surface area is 94.9 Å². The van der Waals surface area contributed by atoms with Crippen molar-refractivity contribution in [3.05, 3.63) is 32.4 Å². The van der Waals surface area contributed by atoms with Crippen LogP contribution in [0.4, 0.5) is 0 Å². The molecule has 1 aromatic carbocycles. The van der Waals surface area contributed by atoms with Gasteiger partial charge in [-0.25, -0.2) is 0 Å². The molecule has 14 heavy (non-hydrogen) atoms. The molecule has 0 aromatic heterocycles. The summed E-state index contributed by atoms with van der Waals surface area (Å²) >= 11 is 1.93. The predicted molar refractivity (Wildman–Crippen MR) is 59.3 cm³/mol. The van der Waals surface area contributed by atoms with E-state index in [1.54, 1.807) is 6.07 Å². The second kappa shape index (κ2) is 4.33. The van der Waals surface area contributed by atoms with E-state index < -0.39 is 0 Å². The van der Waals surface area contributed by atoms with Crippen molar-refractivity contribution in [3.63, 3.8) is 0 Å². The lowest BCUT2D eigenvalue weighted by Gasteiger charge is -2.02. The van der Waals surface area contributed by atoms with Crippen LogP contribution in [0.15, 0.2) is 12.1 Å². The van der Waals surface area contributed by atoms with Crippen molar-refractivity contribution in [3.8, 4) is 6.07 Å². The number of nitriles is 1. The van der Waals surface area contributed by atoms with Gasteiger partial charge in [-0.2, -0.15) is 5.26 Å². The quantitative estimate of drug-likeness (QED) is 0.478. The van der Waals surface area contributed by atoms with E-state index in [2.05, 4.69) is 0 Å². The van der Waals surface area contributed by atoms with Crippen molar-refractivity contribution in [2.24, 2.45) is 0 Å². The molecule has 0 heterocycles. The molecule has 0 saturated heterocycles. The first-order valence-electron chi connectivity index (χ1n) is 3.80. The summed E-state index contributed by atoms with van der Waals surface area (Å²) in [5.41, 5.74) is 1.05. The van der Waals surface area contributed by atoms with Crippen LogP contribution >= 0.6 is 22.6 Å². The fourth-order valence-corrected chi connectivity index (χ4v) is 1.81. The highest BCUT2D eigenvalue weighted by atomic mass is 127. The maximum Gasteiger partial charge on any atom is 0.159 e. The molecule has 0 fully saturated rings. The molecule has 1 rings (SSSR count). The second-order valence-electron chi connectivity index (χ2n) is 2.71. The SMILES string of the molecule is CC(=O)c1cc(I)c(C#N)c(C=O)c1. The van der Waals surface area contributed by atoms with E-state index in [9.17, 15) is 9.59 Å². The minimum Gasteiger partial charge on any atom is -0.298 e. The first kappa shape index (κ1) is 10.9. The molecule has 3 nitrogen and oxygen atoms in total. The zero-order valence-electron chi connectivity index (χ0n) is 7.37. The molecule has 0 bridgehead atoms. The Balaban J connectivity index is 3.48. The minimum absolute atomic E-state index is 0.115. The van der Waals surface area contributed by atoms with Gasteiger partial charge in [0.25, 0.3) is 0 Å². The zero-order valence-corrected chi connectivity index (χ0v) is 9.53. The summed E-state index contributed by atoms with van der Waals surface area (Å²) in [4.78, 5) is 21.7. The molecule has 0 spiro atoms. The molecule has 70 valence electrons. The third-order valence-corrected chi connectivity index (χ3v) is 2.62. The van der Waals surface area contributed by atoms with E-state index in [0.717, 1.165) is 0 Å². The highest BCUT2D eigenvalue weighted by molar-refractivity contribution is 14.1. The average molecular weight is 299 g/mol. The molecule has 0 radical (unpaired) electrons. The Kier molecular flexibility index (Phi) is 3.36.